The van der Waals surface area contributed by atoms with Crippen LogP contribution in [-0.2, 0) is 19.3 Å². The number of aryl methyl sites for hydroxylation is 1. The van der Waals surface area contributed by atoms with E-state index in [0.717, 1.165) is 30.2 Å². The minimum atomic E-state index is -0.181. The van der Waals surface area contributed by atoms with Crippen molar-refractivity contribution in [3.05, 3.63) is 58.5 Å². The molecule has 0 aliphatic rings. The highest BCUT2D eigenvalue weighted by molar-refractivity contribution is 7.98. The van der Waals surface area contributed by atoms with Gasteiger partial charge >= 0.3 is 0 Å². The molecule has 0 N–H and O–H groups in total. The molecule has 0 spiro atoms. The summed E-state index contributed by atoms with van der Waals surface area (Å²) in [5.41, 5.74) is 1.80. The van der Waals surface area contributed by atoms with E-state index in [4.69, 9.17) is 0 Å². The molecule has 3 heterocycles. The molecule has 0 atom stereocenters. The quantitative estimate of drug-likeness (QED) is 0.427. The third-order valence-corrected chi connectivity index (χ3v) is 5.55. The first kappa shape index (κ1) is 19.1. The lowest BCUT2D eigenvalue weighted by molar-refractivity contribution is 0.581. The van der Waals surface area contributed by atoms with E-state index in [-0.39, 0.29) is 5.56 Å². The fraction of sp³-hybridized carbons (Fsp3) is 0.333. The van der Waals surface area contributed by atoms with Gasteiger partial charge in [-0.15, -0.1) is 5.10 Å². The van der Waals surface area contributed by atoms with Gasteiger partial charge in [0.15, 0.2) is 5.69 Å². The van der Waals surface area contributed by atoms with Crippen molar-refractivity contribution in [2.75, 3.05) is 0 Å². The average molecular weight is 411 g/mol. The van der Waals surface area contributed by atoms with E-state index in [2.05, 4.69) is 32.5 Å². The fourth-order valence-electron chi connectivity index (χ4n) is 3.13. The normalized spacial score (nSPS) is 11.3. The zero-order valence-corrected chi connectivity index (χ0v) is 17.2. The Bertz CT molecular complexity index is 1170. The van der Waals surface area contributed by atoms with Gasteiger partial charge in [0, 0.05) is 13.6 Å². The smallest absolute Gasteiger partial charge is 0.283 e. The van der Waals surface area contributed by atoms with Crippen molar-refractivity contribution in [1.29, 1.82) is 0 Å². The molecular formula is C18H21N9OS. The molecule has 4 aromatic rings. The van der Waals surface area contributed by atoms with E-state index in [1.165, 1.54) is 16.4 Å². The van der Waals surface area contributed by atoms with E-state index < -0.39 is 0 Å². The number of hydrogen-bond acceptors (Lipinski definition) is 7. The highest BCUT2D eigenvalue weighted by Crippen LogP contribution is 2.22. The van der Waals surface area contributed by atoms with Crippen LogP contribution in [0.25, 0.3) is 11.4 Å². The number of tetrazole rings is 1. The first-order valence-electron chi connectivity index (χ1n) is 9.24. The number of para-hydroxylation sites is 1. The Morgan fingerprint density at radius 3 is 2.72 bits per heavy atom. The molecule has 0 unspecified atom stereocenters. The molecule has 11 heteroatoms. The fourth-order valence-corrected chi connectivity index (χ4v) is 3.96. The Kier molecular flexibility index (Phi) is 5.30. The SMILES string of the molecule is CCCn1ncnc1CSc1nnnn1-c1c(C)n(C)n(-c2ccccc2)c1=O. The summed E-state index contributed by atoms with van der Waals surface area (Å²) in [6, 6.07) is 9.49. The summed E-state index contributed by atoms with van der Waals surface area (Å²) in [4.78, 5) is 17.5. The maximum Gasteiger partial charge on any atom is 0.297 e. The van der Waals surface area contributed by atoms with Crippen molar-refractivity contribution < 1.29 is 0 Å². The van der Waals surface area contributed by atoms with E-state index in [0.29, 0.717) is 16.6 Å². The van der Waals surface area contributed by atoms with Crippen molar-refractivity contribution in [3.63, 3.8) is 0 Å². The van der Waals surface area contributed by atoms with Gasteiger partial charge in [-0.3, -0.25) is 9.48 Å². The van der Waals surface area contributed by atoms with Crippen LogP contribution in [0.15, 0.2) is 46.6 Å². The summed E-state index contributed by atoms with van der Waals surface area (Å²) in [6.45, 7) is 4.78. The number of rotatable bonds is 7. The van der Waals surface area contributed by atoms with Crippen LogP contribution >= 0.6 is 11.8 Å². The molecule has 0 saturated carbocycles. The lowest BCUT2D eigenvalue weighted by atomic mass is 10.3. The monoisotopic (exact) mass is 411 g/mol. The molecule has 3 aromatic heterocycles. The van der Waals surface area contributed by atoms with E-state index in [9.17, 15) is 4.79 Å². The Labute approximate surface area is 171 Å². The van der Waals surface area contributed by atoms with Crippen LogP contribution in [-0.4, -0.2) is 44.3 Å². The van der Waals surface area contributed by atoms with Gasteiger partial charge in [0.1, 0.15) is 12.2 Å². The van der Waals surface area contributed by atoms with Crippen LogP contribution in [0.3, 0.4) is 0 Å². The number of hydrogen-bond donors (Lipinski definition) is 0. The van der Waals surface area contributed by atoms with Crippen molar-refractivity contribution in [3.8, 4) is 11.4 Å². The number of aromatic nitrogens is 9. The van der Waals surface area contributed by atoms with Gasteiger partial charge < -0.3 is 0 Å². The minimum absolute atomic E-state index is 0.181. The molecule has 0 aliphatic carbocycles. The molecule has 0 saturated heterocycles. The maximum atomic E-state index is 13.2. The number of nitrogens with zero attached hydrogens (tertiary/aromatic N) is 9. The van der Waals surface area contributed by atoms with Gasteiger partial charge in [0.05, 0.1) is 17.1 Å². The lowest BCUT2D eigenvalue weighted by Gasteiger charge is -2.07. The zero-order chi connectivity index (χ0) is 20.4. The second kappa shape index (κ2) is 8.03. The Balaban J connectivity index is 1.68. The highest BCUT2D eigenvalue weighted by Gasteiger charge is 2.22. The van der Waals surface area contributed by atoms with Crippen LogP contribution in [0.4, 0.5) is 0 Å². The molecule has 10 nitrogen and oxygen atoms in total. The molecule has 4 rings (SSSR count). The summed E-state index contributed by atoms with van der Waals surface area (Å²) in [7, 11) is 1.84. The summed E-state index contributed by atoms with van der Waals surface area (Å²) in [6.07, 6.45) is 2.52. The van der Waals surface area contributed by atoms with E-state index in [1.54, 1.807) is 15.7 Å². The molecule has 0 aliphatic heterocycles. The topological polar surface area (TPSA) is 101 Å². The summed E-state index contributed by atoms with van der Waals surface area (Å²) in [5, 5.41) is 16.8. The number of thioether (sulfide) groups is 1. The van der Waals surface area contributed by atoms with E-state index in [1.807, 2.05) is 49.0 Å². The van der Waals surface area contributed by atoms with Gasteiger partial charge in [-0.25, -0.2) is 14.3 Å². The predicted molar refractivity (Wildman–Crippen MR) is 108 cm³/mol. The molecule has 150 valence electrons. The van der Waals surface area contributed by atoms with Gasteiger partial charge in [0.2, 0.25) is 5.16 Å². The van der Waals surface area contributed by atoms with Crippen molar-refractivity contribution >= 4 is 11.8 Å². The molecule has 0 amide bonds. The first-order chi connectivity index (χ1) is 14.1. The average Bonchev–Trinajstić information content (AvgIpc) is 3.41. The largest absolute Gasteiger partial charge is 0.297 e. The molecular weight excluding hydrogens is 390 g/mol. The number of benzene rings is 1. The summed E-state index contributed by atoms with van der Waals surface area (Å²) >= 11 is 1.42. The van der Waals surface area contributed by atoms with Gasteiger partial charge in [-0.2, -0.15) is 9.78 Å². The standard InChI is InChI=1S/C18H21N9OS/c1-4-10-25-15(19-12-20-25)11-29-18-21-22-23-26(18)16-13(2)24(3)27(17(16)28)14-8-6-5-7-9-14/h5-9,12H,4,10-11H2,1-3H3. The lowest BCUT2D eigenvalue weighted by Crippen LogP contribution is -2.22. The molecule has 0 bridgehead atoms. The second-order valence-electron chi connectivity index (χ2n) is 6.47. The van der Waals surface area contributed by atoms with Crippen LogP contribution in [0.2, 0.25) is 0 Å². The first-order valence-corrected chi connectivity index (χ1v) is 10.2. The Morgan fingerprint density at radius 2 is 1.97 bits per heavy atom. The van der Waals surface area contributed by atoms with Crippen LogP contribution in [0.5, 0.6) is 0 Å². The Hall–Kier alpha value is -3.21. The van der Waals surface area contributed by atoms with Crippen LogP contribution < -0.4 is 5.56 Å². The highest BCUT2D eigenvalue weighted by atomic mass is 32.2. The van der Waals surface area contributed by atoms with E-state index >= 15 is 0 Å². The van der Waals surface area contributed by atoms with Crippen molar-refractivity contribution in [1.82, 2.24) is 44.3 Å². The zero-order valence-electron chi connectivity index (χ0n) is 16.4. The van der Waals surface area contributed by atoms with Crippen LogP contribution in [0, 0.1) is 6.92 Å². The third-order valence-electron chi connectivity index (χ3n) is 4.64. The third kappa shape index (κ3) is 3.48. The van der Waals surface area contributed by atoms with Crippen LogP contribution in [0.1, 0.15) is 24.9 Å². The molecule has 1 aromatic carbocycles. The van der Waals surface area contributed by atoms with Gasteiger partial charge in [-0.1, -0.05) is 36.9 Å². The Morgan fingerprint density at radius 1 is 1.17 bits per heavy atom. The predicted octanol–water partition coefficient (Wildman–Crippen LogP) is 1.75. The minimum Gasteiger partial charge on any atom is -0.283 e. The summed E-state index contributed by atoms with van der Waals surface area (Å²) < 4.78 is 6.79. The van der Waals surface area contributed by atoms with Crippen molar-refractivity contribution in [2.45, 2.75) is 37.7 Å². The molecule has 29 heavy (non-hydrogen) atoms. The van der Waals surface area contributed by atoms with Gasteiger partial charge in [0.25, 0.3) is 5.56 Å². The van der Waals surface area contributed by atoms with Crippen molar-refractivity contribution in [2.24, 2.45) is 7.05 Å². The second-order valence-corrected chi connectivity index (χ2v) is 7.41. The van der Waals surface area contributed by atoms with Gasteiger partial charge in [-0.05, 0) is 35.9 Å². The molecule has 0 radical (unpaired) electrons. The summed E-state index contributed by atoms with van der Waals surface area (Å²) in [5.74, 6) is 1.40. The maximum absolute atomic E-state index is 13.2. The molecule has 0 fully saturated rings.